The zero-order valence-corrected chi connectivity index (χ0v) is 7.53. The molecule has 0 bridgehead atoms. The van der Waals surface area contributed by atoms with Crippen molar-refractivity contribution in [3.05, 3.63) is 30.3 Å². The van der Waals surface area contributed by atoms with Crippen molar-refractivity contribution < 1.29 is 4.74 Å². The Labute approximate surface area is 73.3 Å². The fourth-order valence-electron chi connectivity index (χ4n) is 0.821. The molecule has 0 saturated carbocycles. The molecule has 1 aromatic rings. The molecule has 0 heterocycles. The van der Waals surface area contributed by atoms with E-state index in [9.17, 15) is 0 Å². The average molecular weight is 165 g/mol. The van der Waals surface area contributed by atoms with Gasteiger partial charge in [-0.05, 0) is 26.0 Å². The fraction of sp³-hybridized carbons (Fsp3) is 0.400. The van der Waals surface area contributed by atoms with Gasteiger partial charge >= 0.3 is 0 Å². The van der Waals surface area contributed by atoms with Crippen molar-refractivity contribution in [2.24, 2.45) is 5.73 Å². The molecule has 66 valence electrons. The first-order chi connectivity index (χ1) is 5.70. The summed E-state index contributed by atoms with van der Waals surface area (Å²) in [6, 6.07) is 9.78. The van der Waals surface area contributed by atoms with Crippen molar-refractivity contribution in [2.45, 2.75) is 26.0 Å². The largest absolute Gasteiger partial charge is 0.489 e. The third kappa shape index (κ3) is 2.55. The minimum absolute atomic E-state index is 0.0604. The highest BCUT2D eigenvalue weighted by Gasteiger charge is 2.07. The molecule has 1 aromatic carbocycles. The molecule has 2 nitrogen and oxygen atoms in total. The predicted octanol–water partition coefficient (Wildman–Crippen LogP) is 1.80. The Balaban J connectivity index is 2.53. The van der Waals surface area contributed by atoms with Crippen molar-refractivity contribution in [2.75, 3.05) is 0 Å². The van der Waals surface area contributed by atoms with Crippen LogP contribution in [0.25, 0.3) is 0 Å². The van der Waals surface area contributed by atoms with Crippen LogP contribution in [0.1, 0.15) is 13.8 Å². The predicted molar refractivity (Wildman–Crippen MR) is 50.2 cm³/mol. The SMILES string of the molecule is CC(Oc1ccccc1)[C@@H](C)N. The molecule has 2 atom stereocenters. The standard InChI is InChI=1S/C10H15NO/c1-8(11)9(2)12-10-6-4-3-5-7-10/h3-9H,11H2,1-2H3/t8-,9?/m1/s1. The Hall–Kier alpha value is -1.02. The molecule has 0 amide bonds. The van der Waals surface area contributed by atoms with Gasteiger partial charge < -0.3 is 10.5 Å². The van der Waals surface area contributed by atoms with Crippen molar-refractivity contribution >= 4 is 0 Å². The third-order valence-corrected chi connectivity index (χ3v) is 1.81. The summed E-state index contributed by atoms with van der Waals surface area (Å²) in [6.07, 6.45) is 0.0624. The summed E-state index contributed by atoms with van der Waals surface area (Å²) < 4.78 is 5.55. The van der Waals surface area contributed by atoms with Crippen molar-refractivity contribution in [3.63, 3.8) is 0 Å². The summed E-state index contributed by atoms with van der Waals surface area (Å²) in [5.74, 6) is 0.877. The summed E-state index contributed by atoms with van der Waals surface area (Å²) in [4.78, 5) is 0. The van der Waals surface area contributed by atoms with Crippen molar-refractivity contribution in [1.29, 1.82) is 0 Å². The van der Waals surface area contributed by atoms with Crippen LogP contribution in [0.5, 0.6) is 5.75 Å². The second-order valence-corrected chi connectivity index (χ2v) is 3.00. The quantitative estimate of drug-likeness (QED) is 0.741. The lowest BCUT2D eigenvalue weighted by Gasteiger charge is -2.17. The molecule has 0 aromatic heterocycles. The highest BCUT2D eigenvalue weighted by Crippen LogP contribution is 2.11. The first-order valence-electron chi connectivity index (χ1n) is 4.17. The van der Waals surface area contributed by atoms with Gasteiger partial charge in [-0.2, -0.15) is 0 Å². The van der Waals surface area contributed by atoms with Gasteiger partial charge in [0, 0.05) is 6.04 Å². The number of nitrogens with two attached hydrogens (primary N) is 1. The van der Waals surface area contributed by atoms with Crippen LogP contribution in [-0.4, -0.2) is 12.1 Å². The molecule has 0 fully saturated rings. The minimum atomic E-state index is 0.0604. The lowest BCUT2D eigenvalue weighted by Crippen LogP contribution is -2.33. The number of hydrogen-bond acceptors (Lipinski definition) is 2. The Morgan fingerprint density at radius 2 is 1.75 bits per heavy atom. The second kappa shape index (κ2) is 4.12. The van der Waals surface area contributed by atoms with Crippen LogP contribution in [0.4, 0.5) is 0 Å². The van der Waals surface area contributed by atoms with Gasteiger partial charge in [0.05, 0.1) is 0 Å². The van der Waals surface area contributed by atoms with Crippen LogP contribution in [0.3, 0.4) is 0 Å². The highest BCUT2D eigenvalue weighted by atomic mass is 16.5. The van der Waals surface area contributed by atoms with Gasteiger partial charge in [-0.3, -0.25) is 0 Å². The number of rotatable bonds is 3. The lowest BCUT2D eigenvalue weighted by molar-refractivity contribution is 0.196. The smallest absolute Gasteiger partial charge is 0.119 e. The second-order valence-electron chi connectivity index (χ2n) is 3.00. The average Bonchev–Trinajstić information content (AvgIpc) is 2.06. The Morgan fingerprint density at radius 3 is 2.25 bits per heavy atom. The molecule has 12 heavy (non-hydrogen) atoms. The van der Waals surface area contributed by atoms with E-state index in [1.807, 2.05) is 44.2 Å². The molecule has 0 spiro atoms. The summed E-state index contributed by atoms with van der Waals surface area (Å²) >= 11 is 0. The third-order valence-electron chi connectivity index (χ3n) is 1.81. The van der Waals surface area contributed by atoms with Crippen LogP contribution in [0.15, 0.2) is 30.3 Å². The summed E-state index contributed by atoms with van der Waals surface area (Å²) in [6.45, 7) is 3.91. The van der Waals surface area contributed by atoms with Gasteiger partial charge in [0.25, 0.3) is 0 Å². The molecule has 0 aliphatic heterocycles. The zero-order chi connectivity index (χ0) is 8.97. The van der Waals surface area contributed by atoms with E-state index in [1.54, 1.807) is 0 Å². The van der Waals surface area contributed by atoms with Gasteiger partial charge in [0.1, 0.15) is 11.9 Å². The van der Waals surface area contributed by atoms with E-state index in [1.165, 1.54) is 0 Å². The molecule has 0 saturated heterocycles. The first kappa shape index (κ1) is 9.07. The van der Waals surface area contributed by atoms with Gasteiger partial charge in [-0.1, -0.05) is 18.2 Å². The van der Waals surface area contributed by atoms with Gasteiger partial charge in [-0.15, -0.1) is 0 Å². The Kier molecular flexibility index (Phi) is 3.11. The lowest BCUT2D eigenvalue weighted by atomic mass is 10.2. The molecule has 0 aliphatic carbocycles. The van der Waals surface area contributed by atoms with Crippen LogP contribution in [-0.2, 0) is 0 Å². The van der Waals surface area contributed by atoms with Gasteiger partial charge in [-0.25, -0.2) is 0 Å². The number of hydrogen-bond donors (Lipinski definition) is 1. The van der Waals surface area contributed by atoms with Crippen LogP contribution in [0, 0.1) is 0 Å². The molecule has 0 radical (unpaired) electrons. The molecule has 1 rings (SSSR count). The van der Waals surface area contributed by atoms with Gasteiger partial charge in [0.15, 0.2) is 0 Å². The number of ether oxygens (including phenoxy) is 1. The maximum absolute atomic E-state index is 5.66. The van der Waals surface area contributed by atoms with E-state index in [2.05, 4.69) is 0 Å². The molecule has 0 aliphatic rings. The normalized spacial score (nSPS) is 15.2. The molecule has 2 N–H and O–H groups in total. The summed E-state index contributed by atoms with van der Waals surface area (Å²) in [5.41, 5.74) is 5.66. The van der Waals surface area contributed by atoms with E-state index in [0.717, 1.165) is 5.75 Å². The van der Waals surface area contributed by atoms with E-state index < -0.39 is 0 Å². The van der Waals surface area contributed by atoms with E-state index >= 15 is 0 Å². The molecular formula is C10H15NO. The zero-order valence-electron chi connectivity index (χ0n) is 7.53. The molecule has 1 unspecified atom stereocenters. The summed E-state index contributed by atoms with van der Waals surface area (Å²) in [5, 5.41) is 0. The first-order valence-corrected chi connectivity index (χ1v) is 4.17. The molecule has 2 heteroatoms. The van der Waals surface area contributed by atoms with E-state index in [4.69, 9.17) is 10.5 Å². The number of benzene rings is 1. The van der Waals surface area contributed by atoms with Crippen LogP contribution in [0.2, 0.25) is 0 Å². The molecular weight excluding hydrogens is 150 g/mol. The van der Waals surface area contributed by atoms with E-state index in [-0.39, 0.29) is 12.1 Å². The Bertz CT molecular complexity index is 221. The number of para-hydroxylation sites is 1. The topological polar surface area (TPSA) is 35.2 Å². The van der Waals surface area contributed by atoms with Gasteiger partial charge in [0.2, 0.25) is 0 Å². The maximum atomic E-state index is 5.66. The minimum Gasteiger partial charge on any atom is -0.489 e. The van der Waals surface area contributed by atoms with Crippen LogP contribution < -0.4 is 10.5 Å². The van der Waals surface area contributed by atoms with Crippen LogP contribution >= 0.6 is 0 Å². The summed E-state index contributed by atoms with van der Waals surface area (Å²) in [7, 11) is 0. The monoisotopic (exact) mass is 165 g/mol. The van der Waals surface area contributed by atoms with E-state index in [0.29, 0.717) is 0 Å². The fourth-order valence-corrected chi connectivity index (χ4v) is 0.821. The maximum Gasteiger partial charge on any atom is 0.119 e. The Morgan fingerprint density at radius 1 is 1.17 bits per heavy atom. The highest BCUT2D eigenvalue weighted by molar-refractivity contribution is 5.21. The van der Waals surface area contributed by atoms with Crippen molar-refractivity contribution in [3.8, 4) is 5.75 Å². The van der Waals surface area contributed by atoms with Crippen molar-refractivity contribution in [1.82, 2.24) is 0 Å².